The minimum absolute atomic E-state index is 0.100. The highest BCUT2D eigenvalue weighted by molar-refractivity contribution is 5.22. The lowest BCUT2D eigenvalue weighted by atomic mass is 9.97. The van der Waals surface area contributed by atoms with Crippen LogP contribution >= 0.6 is 0 Å². The molecule has 1 aliphatic carbocycles. The molecule has 1 aromatic rings. The molecule has 106 valence electrons. The first-order valence-electron chi connectivity index (χ1n) is 7.36. The number of halogens is 1. The smallest absolute Gasteiger partial charge is 0.123 e. The fraction of sp³-hybridized carbons (Fsp3) is 0.625. The molecular weight excluding hydrogens is 241 g/mol. The lowest BCUT2D eigenvalue weighted by Crippen LogP contribution is -2.36. The Kier molecular flexibility index (Phi) is 5.34. The molecule has 1 aliphatic rings. The standard InChI is InChI=1S/C16H24FNO/c1-3-10-18-15(13-6-5-7-14(17)11-13)16(19-4-2)12-8-9-12/h5-7,11-12,15-16,18H,3-4,8-10H2,1-2H3. The van der Waals surface area contributed by atoms with E-state index in [1.807, 2.05) is 13.0 Å². The largest absolute Gasteiger partial charge is 0.376 e. The van der Waals surface area contributed by atoms with Crippen molar-refractivity contribution in [3.63, 3.8) is 0 Å². The summed E-state index contributed by atoms with van der Waals surface area (Å²) in [4.78, 5) is 0. The third kappa shape index (κ3) is 4.02. The second kappa shape index (κ2) is 7.01. The fourth-order valence-corrected chi connectivity index (χ4v) is 2.55. The lowest BCUT2D eigenvalue weighted by molar-refractivity contribution is 0.0185. The van der Waals surface area contributed by atoms with Crippen molar-refractivity contribution in [3.8, 4) is 0 Å². The van der Waals surface area contributed by atoms with E-state index in [0.717, 1.165) is 18.5 Å². The maximum Gasteiger partial charge on any atom is 0.123 e. The van der Waals surface area contributed by atoms with Gasteiger partial charge >= 0.3 is 0 Å². The summed E-state index contributed by atoms with van der Waals surface area (Å²) >= 11 is 0. The van der Waals surface area contributed by atoms with Crippen molar-refractivity contribution in [2.75, 3.05) is 13.2 Å². The van der Waals surface area contributed by atoms with Gasteiger partial charge in [0.15, 0.2) is 0 Å². The molecule has 0 aromatic heterocycles. The highest BCUT2D eigenvalue weighted by atomic mass is 19.1. The quantitative estimate of drug-likeness (QED) is 0.774. The molecule has 2 unspecified atom stereocenters. The summed E-state index contributed by atoms with van der Waals surface area (Å²) in [6.45, 7) is 5.80. The van der Waals surface area contributed by atoms with E-state index in [-0.39, 0.29) is 18.0 Å². The van der Waals surface area contributed by atoms with Gasteiger partial charge in [-0.3, -0.25) is 0 Å². The van der Waals surface area contributed by atoms with Gasteiger partial charge in [-0.25, -0.2) is 4.39 Å². The van der Waals surface area contributed by atoms with Gasteiger partial charge in [0.2, 0.25) is 0 Å². The van der Waals surface area contributed by atoms with Crippen molar-refractivity contribution < 1.29 is 9.13 Å². The summed E-state index contributed by atoms with van der Waals surface area (Å²) in [7, 11) is 0. The van der Waals surface area contributed by atoms with Crippen LogP contribution in [-0.2, 0) is 4.74 Å². The van der Waals surface area contributed by atoms with Crippen LogP contribution in [0.1, 0.15) is 44.7 Å². The molecule has 0 heterocycles. The second-order valence-electron chi connectivity index (χ2n) is 5.24. The molecule has 3 heteroatoms. The second-order valence-corrected chi connectivity index (χ2v) is 5.24. The van der Waals surface area contributed by atoms with Gasteiger partial charge in [-0.05, 0) is 56.3 Å². The van der Waals surface area contributed by atoms with E-state index >= 15 is 0 Å². The normalized spacial score (nSPS) is 18.3. The zero-order valence-corrected chi connectivity index (χ0v) is 11.9. The Hall–Kier alpha value is -0.930. The highest BCUT2D eigenvalue weighted by Crippen LogP contribution is 2.40. The van der Waals surface area contributed by atoms with Crippen molar-refractivity contribution in [1.82, 2.24) is 5.32 Å². The van der Waals surface area contributed by atoms with Gasteiger partial charge in [0.25, 0.3) is 0 Å². The van der Waals surface area contributed by atoms with Crippen molar-refractivity contribution in [2.45, 2.75) is 45.3 Å². The monoisotopic (exact) mass is 265 g/mol. The van der Waals surface area contributed by atoms with Gasteiger partial charge in [0.1, 0.15) is 5.82 Å². The Morgan fingerprint density at radius 2 is 2.16 bits per heavy atom. The third-order valence-corrected chi connectivity index (χ3v) is 3.60. The Labute approximate surface area is 115 Å². The Bertz CT molecular complexity index is 392. The Morgan fingerprint density at radius 1 is 1.37 bits per heavy atom. The van der Waals surface area contributed by atoms with Gasteiger partial charge in [0, 0.05) is 6.61 Å². The maximum atomic E-state index is 13.4. The van der Waals surface area contributed by atoms with Crippen LogP contribution in [0.2, 0.25) is 0 Å². The molecule has 1 fully saturated rings. The topological polar surface area (TPSA) is 21.3 Å². The molecule has 0 amide bonds. The molecule has 0 aliphatic heterocycles. The zero-order chi connectivity index (χ0) is 13.7. The van der Waals surface area contributed by atoms with Crippen LogP contribution in [0.4, 0.5) is 4.39 Å². The van der Waals surface area contributed by atoms with E-state index < -0.39 is 0 Å². The fourth-order valence-electron chi connectivity index (χ4n) is 2.55. The van der Waals surface area contributed by atoms with E-state index in [2.05, 4.69) is 12.2 Å². The van der Waals surface area contributed by atoms with E-state index in [1.54, 1.807) is 12.1 Å². The number of benzene rings is 1. The van der Waals surface area contributed by atoms with Crippen LogP contribution in [0.15, 0.2) is 24.3 Å². The van der Waals surface area contributed by atoms with Crippen molar-refractivity contribution >= 4 is 0 Å². The predicted octanol–water partition coefficient (Wildman–Crippen LogP) is 3.68. The van der Waals surface area contributed by atoms with Gasteiger partial charge in [-0.15, -0.1) is 0 Å². The molecule has 2 nitrogen and oxygen atoms in total. The third-order valence-electron chi connectivity index (χ3n) is 3.60. The molecule has 0 bridgehead atoms. The lowest BCUT2D eigenvalue weighted by Gasteiger charge is -2.28. The molecule has 0 spiro atoms. The Morgan fingerprint density at radius 3 is 2.74 bits per heavy atom. The Balaban J connectivity index is 2.17. The summed E-state index contributed by atoms with van der Waals surface area (Å²) < 4.78 is 19.4. The summed E-state index contributed by atoms with van der Waals surface area (Å²) in [5.74, 6) is 0.449. The number of hydrogen-bond donors (Lipinski definition) is 1. The maximum absolute atomic E-state index is 13.4. The zero-order valence-electron chi connectivity index (χ0n) is 11.9. The molecule has 2 atom stereocenters. The van der Waals surface area contributed by atoms with E-state index in [1.165, 1.54) is 18.9 Å². The summed E-state index contributed by atoms with van der Waals surface area (Å²) in [6.07, 6.45) is 3.68. The van der Waals surface area contributed by atoms with Crippen LogP contribution in [0.25, 0.3) is 0 Å². The van der Waals surface area contributed by atoms with E-state index in [4.69, 9.17) is 4.74 Å². The van der Waals surface area contributed by atoms with Gasteiger partial charge < -0.3 is 10.1 Å². The summed E-state index contributed by atoms with van der Waals surface area (Å²) in [5, 5.41) is 3.53. The van der Waals surface area contributed by atoms with Crippen molar-refractivity contribution in [3.05, 3.63) is 35.6 Å². The SMILES string of the molecule is CCCNC(c1cccc(F)c1)C(OCC)C1CC1. The molecule has 0 radical (unpaired) electrons. The van der Waals surface area contributed by atoms with Gasteiger partial charge in [-0.1, -0.05) is 19.1 Å². The van der Waals surface area contributed by atoms with Gasteiger partial charge in [0.05, 0.1) is 12.1 Å². The van der Waals surface area contributed by atoms with Crippen LogP contribution in [0.3, 0.4) is 0 Å². The molecule has 2 rings (SSSR count). The molecular formula is C16H24FNO. The van der Waals surface area contributed by atoms with Crippen molar-refractivity contribution in [1.29, 1.82) is 0 Å². The number of nitrogens with one attached hydrogen (secondary N) is 1. The van der Waals surface area contributed by atoms with Crippen molar-refractivity contribution in [2.24, 2.45) is 5.92 Å². The van der Waals surface area contributed by atoms with Crippen LogP contribution in [-0.4, -0.2) is 19.3 Å². The molecule has 0 saturated heterocycles. The highest BCUT2D eigenvalue weighted by Gasteiger charge is 2.37. The number of rotatable bonds is 8. The van der Waals surface area contributed by atoms with Crippen LogP contribution in [0, 0.1) is 11.7 Å². The minimum atomic E-state index is -0.174. The number of ether oxygens (including phenoxy) is 1. The molecule has 19 heavy (non-hydrogen) atoms. The summed E-state index contributed by atoms with van der Waals surface area (Å²) in [5.41, 5.74) is 0.999. The average Bonchev–Trinajstić information content (AvgIpc) is 3.22. The van der Waals surface area contributed by atoms with E-state index in [0.29, 0.717) is 12.5 Å². The van der Waals surface area contributed by atoms with E-state index in [9.17, 15) is 4.39 Å². The average molecular weight is 265 g/mol. The molecule has 1 saturated carbocycles. The first-order valence-corrected chi connectivity index (χ1v) is 7.36. The van der Waals surface area contributed by atoms with Gasteiger partial charge in [-0.2, -0.15) is 0 Å². The summed E-state index contributed by atoms with van der Waals surface area (Å²) in [6, 6.07) is 6.99. The first-order chi connectivity index (χ1) is 9.26. The molecule has 1 aromatic carbocycles. The van der Waals surface area contributed by atoms with Crippen LogP contribution < -0.4 is 5.32 Å². The minimum Gasteiger partial charge on any atom is -0.376 e. The van der Waals surface area contributed by atoms with Crippen LogP contribution in [0.5, 0.6) is 0 Å². The molecule has 1 N–H and O–H groups in total. The predicted molar refractivity (Wildman–Crippen MR) is 75.6 cm³/mol. The number of hydrogen-bond acceptors (Lipinski definition) is 2. The first kappa shape index (κ1) is 14.5.